The van der Waals surface area contributed by atoms with Gasteiger partial charge in [0.15, 0.2) is 0 Å². The maximum absolute atomic E-state index is 13.3. The number of amides is 2. The van der Waals surface area contributed by atoms with Crippen LogP contribution in [0.25, 0.3) is 10.8 Å². The fourth-order valence-electron chi connectivity index (χ4n) is 4.63. The molecule has 5 rings (SSSR count). The van der Waals surface area contributed by atoms with Crippen LogP contribution in [0.4, 0.5) is 0 Å². The lowest BCUT2D eigenvalue weighted by Gasteiger charge is -2.32. The Balaban J connectivity index is 1.18. The van der Waals surface area contributed by atoms with E-state index in [-0.39, 0.29) is 17.7 Å². The number of likely N-dealkylation sites (tertiary alicyclic amines) is 1. The number of piperidine rings is 1. The maximum atomic E-state index is 13.3. The number of rotatable bonds is 6. The van der Waals surface area contributed by atoms with Crippen LogP contribution in [-0.2, 0) is 17.9 Å². The molecule has 1 atom stereocenters. The molecule has 0 spiro atoms. The summed E-state index contributed by atoms with van der Waals surface area (Å²) in [7, 11) is 0. The zero-order valence-electron chi connectivity index (χ0n) is 19.1. The predicted octanol–water partition coefficient (Wildman–Crippen LogP) is 4.25. The standard InChI is InChI=1S/C28H28N4O2/c33-27(29-18-21-11-13-22(14-12-21)19-32-17-5-15-30-32)24-8-4-16-31(20-24)28(34)26-10-3-7-23-6-1-2-9-25(23)26/h1-3,5-7,9-15,17,24H,4,8,16,18-20H2,(H,29,33)/t24-/m1/s1. The lowest BCUT2D eigenvalue weighted by atomic mass is 9.95. The van der Waals surface area contributed by atoms with Crippen LogP contribution < -0.4 is 5.32 Å². The maximum Gasteiger partial charge on any atom is 0.254 e. The van der Waals surface area contributed by atoms with Crippen molar-refractivity contribution in [1.29, 1.82) is 0 Å². The van der Waals surface area contributed by atoms with Crippen LogP contribution in [0.5, 0.6) is 0 Å². The monoisotopic (exact) mass is 452 g/mol. The van der Waals surface area contributed by atoms with Gasteiger partial charge in [-0.05, 0) is 46.9 Å². The molecule has 34 heavy (non-hydrogen) atoms. The Morgan fingerprint density at radius 1 is 0.941 bits per heavy atom. The van der Waals surface area contributed by atoms with Crippen LogP contribution >= 0.6 is 0 Å². The zero-order valence-corrected chi connectivity index (χ0v) is 19.1. The van der Waals surface area contributed by atoms with Crippen molar-refractivity contribution in [2.75, 3.05) is 13.1 Å². The molecule has 1 fully saturated rings. The Labute approximate surface area is 199 Å². The number of aromatic nitrogens is 2. The van der Waals surface area contributed by atoms with Crippen molar-refractivity contribution in [2.45, 2.75) is 25.9 Å². The van der Waals surface area contributed by atoms with Gasteiger partial charge < -0.3 is 10.2 Å². The molecule has 4 aromatic rings. The van der Waals surface area contributed by atoms with Gasteiger partial charge in [0.25, 0.3) is 5.91 Å². The third-order valence-corrected chi connectivity index (χ3v) is 6.49. The van der Waals surface area contributed by atoms with Crippen molar-refractivity contribution < 1.29 is 9.59 Å². The number of hydrogen-bond acceptors (Lipinski definition) is 3. The Bertz CT molecular complexity index is 1280. The molecule has 0 aliphatic carbocycles. The highest BCUT2D eigenvalue weighted by molar-refractivity contribution is 6.07. The Morgan fingerprint density at radius 2 is 1.74 bits per heavy atom. The normalized spacial score (nSPS) is 15.9. The largest absolute Gasteiger partial charge is 0.352 e. The first-order chi connectivity index (χ1) is 16.7. The number of benzene rings is 3. The lowest BCUT2D eigenvalue weighted by molar-refractivity contribution is -0.126. The summed E-state index contributed by atoms with van der Waals surface area (Å²) in [6.45, 7) is 2.34. The topological polar surface area (TPSA) is 67.2 Å². The second kappa shape index (κ2) is 9.91. The van der Waals surface area contributed by atoms with Crippen LogP contribution in [-0.4, -0.2) is 39.6 Å². The van der Waals surface area contributed by atoms with Crippen LogP contribution in [0, 0.1) is 5.92 Å². The van der Waals surface area contributed by atoms with Crippen molar-refractivity contribution in [2.24, 2.45) is 5.92 Å². The molecule has 6 nitrogen and oxygen atoms in total. The van der Waals surface area contributed by atoms with E-state index in [0.717, 1.165) is 41.3 Å². The van der Waals surface area contributed by atoms with Crippen molar-refractivity contribution in [3.8, 4) is 0 Å². The summed E-state index contributed by atoms with van der Waals surface area (Å²) in [5.74, 6) is -0.176. The molecule has 2 heterocycles. The van der Waals surface area contributed by atoms with E-state index in [0.29, 0.717) is 25.2 Å². The van der Waals surface area contributed by atoms with Gasteiger partial charge in [-0.1, -0.05) is 60.7 Å². The van der Waals surface area contributed by atoms with Gasteiger partial charge in [0.2, 0.25) is 5.91 Å². The van der Waals surface area contributed by atoms with E-state index >= 15 is 0 Å². The predicted molar refractivity (Wildman–Crippen MR) is 132 cm³/mol. The van der Waals surface area contributed by atoms with Crippen LogP contribution in [0.2, 0.25) is 0 Å². The highest BCUT2D eigenvalue weighted by atomic mass is 16.2. The van der Waals surface area contributed by atoms with E-state index in [1.54, 1.807) is 6.20 Å². The highest BCUT2D eigenvalue weighted by Crippen LogP contribution is 2.23. The second-order valence-corrected chi connectivity index (χ2v) is 8.85. The summed E-state index contributed by atoms with van der Waals surface area (Å²) in [6.07, 6.45) is 5.34. The second-order valence-electron chi connectivity index (χ2n) is 8.85. The molecule has 0 saturated carbocycles. The third kappa shape index (κ3) is 4.86. The minimum absolute atomic E-state index is 0.00192. The van der Waals surface area contributed by atoms with Crippen molar-refractivity contribution in [1.82, 2.24) is 20.0 Å². The van der Waals surface area contributed by atoms with E-state index < -0.39 is 0 Å². The van der Waals surface area contributed by atoms with Crippen LogP contribution in [0.3, 0.4) is 0 Å². The third-order valence-electron chi connectivity index (χ3n) is 6.49. The van der Waals surface area contributed by atoms with Gasteiger partial charge in [-0.25, -0.2) is 0 Å². The quantitative estimate of drug-likeness (QED) is 0.476. The lowest BCUT2D eigenvalue weighted by Crippen LogP contribution is -2.45. The summed E-state index contributed by atoms with van der Waals surface area (Å²) >= 11 is 0. The molecule has 6 heteroatoms. The zero-order chi connectivity index (χ0) is 23.3. The first-order valence-electron chi connectivity index (χ1n) is 11.8. The average molecular weight is 453 g/mol. The molecule has 2 amide bonds. The van der Waals surface area contributed by atoms with E-state index in [2.05, 4.69) is 22.5 Å². The smallest absolute Gasteiger partial charge is 0.254 e. The minimum Gasteiger partial charge on any atom is -0.352 e. The highest BCUT2D eigenvalue weighted by Gasteiger charge is 2.29. The molecular weight excluding hydrogens is 424 g/mol. The molecule has 1 aromatic heterocycles. The summed E-state index contributed by atoms with van der Waals surface area (Å²) in [4.78, 5) is 28.0. The summed E-state index contributed by atoms with van der Waals surface area (Å²) in [5, 5.41) is 9.30. The molecule has 1 aliphatic heterocycles. The summed E-state index contributed by atoms with van der Waals surface area (Å²) in [5.41, 5.74) is 2.92. The van der Waals surface area contributed by atoms with Gasteiger partial charge in [-0.3, -0.25) is 14.3 Å². The average Bonchev–Trinajstić information content (AvgIpc) is 3.40. The van der Waals surface area contributed by atoms with Crippen LogP contribution in [0.15, 0.2) is 85.2 Å². The fraction of sp³-hybridized carbons (Fsp3) is 0.250. The Kier molecular flexibility index (Phi) is 6.38. The molecular formula is C28H28N4O2. The molecule has 1 N–H and O–H groups in total. The SMILES string of the molecule is O=C(NCc1ccc(Cn2cccn2)cc1)[C@@H]1CCCN(C(=O)c2cccc3ccccc23)C1. The number of nitrogens with zero attached hydrogens (tertiary/aromatic N) is 3. The number of hydrogen-bond donors (Lipinski definition) is 1. The molecule has 1 saturated heterocycles. The van der Waals surface area contributed by atoms with Gasteiger partial charge in [0.1, 0.15) is 0 Å². The van der Waals surface area contributed by atoms with Crippen LogP contribution in [0.1, 0.15) is 34.3 Å². The van der Waals surface area contributed by atoms with E-state index in [4.69, 9.17) is 0 Å². The minimum atomic E-state index is -0.188. The number of fused-ring (bicyclic) bond motifs is 1. The number of carbonyl (C=O) groups is 2. The molecule has 0 bridgehead atoms. The van der Waals surface area contributed by atoms with Crippen molar-refractivity contribution >= 4 is 22.6 Å². The van der Waals surface area contributed by atoms with E-state index in [1.165, 1.54) is 0 Å². The van der Waals surface area contributed by atoms with Gasteiger partial charge in [-0.15, -0.1) is 0 Å². The first-order valence-corrected chi connectivity index (χ1v) is 11.8. The fourth-order valence-corrected chi connectivity index (χ4v) is 4.63. The first kappa shape index (κ1) is 21.9. The molecule has 0 unspecified atom stereocenters. The number of carbonyl (C=O) groups excluding carboxylic acids is 2. The molecule has 0 radical (unpaired) electrons. The van der Waals surface area contributed by atoms with Gasteiger partial charge in [0.05, 0.1) is 12.5 Å². The van der Waals surface area contributed by atoms with Crippen molar-refractivity contribution in [3.05, 3.63) is 102 Å². The van der Waals surface area contributed by atoms with E-state index in [1.807, 2.05) is 76.4 Å². The molecule has 3 aromatic carbocycles. The van der Waals surface area contributed by atoms with Crippen molar-refractivity contribution in [3.63, 3.8) is 0 Å². The van der Waals surface area contributed by atoms with Gasteiger partial charge in [-0.2, -0.15) is 5.10 Å². The summed E-state index contributed by atoms with van der Waals surface area (Å²) in [6, 6.07) is 23.9. The molecule has 1 aliphatic rings. The Morgan fingerprint density at radius 3 is 2.56 bits per heavy atom. The van der Waals surface area contributed by atoms with E-state index in [9.17, 15) is 9.59 Å². The summed E-state index contributed by atoms with van der Waals surface area (Å²) < 4.78 is 1.88. The molecule has 172 valence electrons. The van der Waals surface area contributed by atoms with Gasteiger partial charge >= 0.3 is 0 Å². The number of nitrogens with one attached hydrogen (secondary N) is 1. The van der Waals surface area contributed by atoms with Gasteiger partial charge in [0, 0.05) is 37.6 Å². The Hall–Kier alpha value is -3.93.